The summed E-state index contributed by atoms with van der Waals surface area (Å²) in [6.45, 7) is 8.14. The minimum absolute atomic E-state index is 0. The van der Waals surface area contributed by atoms with Gasteiger partial charge in [-0.05, 0) is 12.3 Å². The SMILES string of the molecule is C[C@@H](CN)NC(=O)CNC(=O)CC(C)(C)C.Cl. The van der Waals surface area contributed by atoms with Crippen LogP contribution >= 0.6 is 12.4 Å². The fourth-order valence-electron chi connectivity index (χ4n) is 1.11. The first-order valence-electron chi connectivity index (χ1n) is 5.50. The lowest BCUT2D eigenvalue weighted by atomic mass is 9.92. The topological polar surface area (TPSA) is 84.2 Å². The summed E-state index contributed by atoms with van der Waals surface area (Å²) in [5.74, 6) is -0.316. The number of hydrogen-bond donors (Lipinski definition) is 3. The average molecular weight is 266 g/mol. The summed E-state index contributed by atoms with van der Waals surface area (Å²) in [7, 11) is 0. The summed E-state index contributed by atoms with van der Waals surface area (Å²) < 4.78 is 0. The second-order valence-electron chi connectivity index (χ2n) is 5.22. The number of hydrogen-bond acceptors (Lipinski definition) is 3. The largest absolute Gasteiger partial charge is 0.351 e. The third kappa shape index (κ3) is 11.5. The molecule has 0 spiro atoms. The predicted molar refractivity (Wildman–Crippen MR) is 71.0 cm³/mol. The molecule has 0 unspecified atom stereocenters. The summed E-state index contributed by atoms with van der Waals surface area (Å²) in [5.41, 5.74) is 5.29. The summed E-state index contributed by atoms with van der Waals surface area (Å²) in [5, 5.41) is 5.25. The van der Waals surface area contributed by atoms with Gasteiger partial charge < -0.3 is 16.4 Å². The van der Waals surface area contributed by atoms with E-state index in [4.69, 9.17) is 5.73 Å². The molecule has 0 bridgehead atoms. The second kappa shape index (κ2) is 8.31. The lowest BCUT2D eigenvalue weighted by Gasteiger charge is -2.17. The Kier molecular flexibility index (Phi) is 9.06. The highest BCUT2D eigenvalue weighted by atomic mass is 35.5. The van der Waals surface area contributed by atoms with Crippen molar-refractivity contribution in [2.45, 2.75) is 40.2 Å². The van der Waals surface area contributed by atoms with Crippen molar-refractivity contribution in [1.29, 1.82) is 0 Å². The first-order chi connectivity index (χ1) is 7.24. The number of carbonyl (C=O) groups excluding carboxylic acids is 2. The Bertz CT molecular complexity index is 252. The van der Waals surface area contributed by atoms with Crippen molar-refractivity contribution < 1.29 is 9.59 Å². The number of nitrogens with two attached hydrogens (primary N) is 1. The first kappa shape index (κ1) is 18.6. The van der Waals surface area contributed by atoms with Crippen LogP contribution in [0.3, 0.4) is 0 Å². The molecule has 17 heavy (non-hydrogen) atoms. The molecule has 0 aliphatic carbocycles. The number of carbonyl (C=O) groups is 2. The van der Waals surface area contributed by atoms with Gasteiger partial charge in [0, 0.05) is 19.0 Å². The molecule has 5 nitrogen and oxygen atoms in total. The minimum atomic E-state index is -0.208. The standard InChI is InChI=1S/C11H23N3O2.ClH/c1-8(6-12)14-10(16)7-13-9(15)5-11(2,3)4;/h8H,5-7,12H2,1-4H3,(H,13,15)(H,14,16);1H/t8-;/m0./s1. The van der Waals surface area contributed by atoms with E-state index in [9.17, 15) is 9.59 Å². The monoisotopic (exact) mass is 265 g/mol. The van der Waals surface area contributed by atoms with E-state index in [1.165, 1.54) is 0 Å². The maximum atomic E-state index is 11.4. The Morgan fingerprint density at radius 1 is 1.24 bits per heavy atom. The predicted octanol–water partition coefficient (Wildman–Crippen LogP) is 0.424. The molecule has 0 aromatic carbocycles. The van der Waals surface area contributed by atoms with Crippen LogP contribution in [0.1, 0.15) is 34.1 Å². The van der Waals surface area contributed by atoms with Crippen LogP contribution in [0, 0.1) is 5.41 Å². The van der Waals surface area contributed by atoms with E-state index in [-0.39, 0.29) is 42.2 Å². The average Bonchev–Trinajstić information content (AvgIpc) is 2.12. The summed E-state index contributed by atoms with van der Waals surface area (Å²) in [6.07, 6.45) is 0.409. The molecule has 0 aromatic rings. The Morgan fingerprint density at radius 2 is 1.76 bits per heavy atom. The maximum Gasteiger partial charge on any atom is 0.239 e. The van der Waals surface area contributed by atoms with Gasteiger partial charge in [-0.25, -0.2) is 0 Å². The van der Waals surface area contributed by atoms with Crippen LogP contribution in [-0.2, 0) is 9.59 Å². The van der Waals surface area contributed by atoms with Crippen molar-refractivity contribution in [2.75, 3.05) is 13.1 Å². The van der Waals surface area contributed by atoms with Crippen molar-refractivity contribution in [3.05, 3.63) is 0 Å². The van der Waals surface area contributed by atoms with Crippen LogP contribution < -0.4 is 16.4 Å². The Morgan fingerprint density at radius 3 is 2.18 bits per heavy atom. The van der Waals surface area contributed by atoms with Gasteiger partial charge in [0.15, 0.2) is 0 Å². The fourth-order valence-corrected chi connectivity index (χ4v) is 1.11. The molecule has 4 N–H and O–H groups in total. The lowest BCUT2D eigenvalue weighted by Crippen LogP contribution is -2.44. The van der Waals surface area contributed by atoms with Crippen molar-refractivity contribution in [3.63, 3.8) is 0 Å². The molecule has 2 amide bonds. The molecule has 0 heterocycles. The third-order valence-corrected chi connectivity index (χ3v) is 1.90. The zero-order chi connectivity index (χ0) is 12.8. The van der Waals surface area contributed by atoms with Crippen molar-refractivity contribution in [1.82, 2.24) is 10.6 Å². The number of nitrogens with one attached hydrogen (secondary N) is 2. The van der Waals surface area contributed by atoms with Gasteiger partial charge in [0.2, 0.25) is 11.8 Å². The number of rotatable bonds is 5. The zero-order valence-electron chi connectivity index (χ0n) is 11.0. The molecule has 0 radical (unpaired) electrons. The van der Waals surface area contributed by atoms with Crippen LogP contribution in [0.5, 0.6) is 0 Å². The van der Waals surface area contributed by atoms with E-state index in [0.717, 1.165) is 0 Å². The molecular formula is C11H24ClN3O2. The van der Waals surface area contributed by atoms with Gasteiger partial charge in [0.1, 0.15) is 0 Å². The maximum absolute atomic E-state index is 11.4. The Balaban J connectivity index is 0. The normalized spacial score (nSPS) is 12.3. The summed E-state index contributed by atoms with van der Waals surface area (Å²) in [4.78, 5) is 22.7. The minimum Gasteiger partial charge on any atom is -0.351 e. The van der Waals surface area contributed by atoms with Gasteiger partial charge in [-0.1, -0.05) is 20.8 Å². The fraction of sp³-hybridized carbons (Fsp3) is 0.818. The summed E-state index contributed by atoms with van der Waals surface area (Å²) in [6, 6.07) is -0.0629. The zero-order valence-corrected chi connectivity index (χ0v) is 11.8. The molecule has 0 fully saturated rings. The molecule has 0 saturated carbocycles. The highest BCUT2D eigenvalue weighted by Crippen LogP contribution is 2.17. The lowest BCUT2D eigenvalue weighted by molar-refractivity contribution is -0.127. The molecule has 0 rings (SSSR count). The van der Waals surface area contributed by atoms with Crippen molar-refractivity contribution in [3.8, 4) is 0 Å². The van der Waals surface area contributed by atoms with Gasteiger partial charge in [-0.3, -0.25) is 9.59 Å². The van der Waals surface area contributed by atoms with E-state index < -0.39 is 0 Å². The molecular weight excluding hydrogens is 242 g/mol. The van der Waals surface area contributed by atoms with Crippen LogP contribution in [-0.4, -0.2) is 30.9 Å². The van der Waals surface area contributed by atoms with E-state index in [1.54, 1.807) is 0 Å². The third-order valence-electron chi connectivity index (χ3n) is 1.90. The molecule has 0 saturated heterocycles. The second-order valence-corrected chi connectivity index (χ2v) is 5.22. The summed E-state index contributed by atoms with van der Waals surface area (Å²) >= 11 is 0. The van der Waals surface area contributed by atoms with E-state index in [2.05, 4.69) is 10.6 Å². The molecule has 6 heteroatoms. The number of halogens is 1. The molecule has 0 aliphatic rings. The van der Waals surface area contributed by atoms with Gasteiger partial charge in [-0.15, -0.1) is 12.4 Å². The van der Waals surface area contributed by atoms with Crippen molar-refractivity contribution >= 4 is 24.2 Å². The molecule has 102 valence electrons. The van der Waals surface area contributed by atoms with Gasteiger partial charge in [0.25, 0.3) is 0 Å². The molecule has 1 atom stereocenters. The molecule has 0 aliphatic heterocycles. The van der Waals surface area contributed by atoms with Gasteiger partial charge >= 0.3 is 0 Å². The van der Waals surface area contributed by atoms with Crippen LogP contribution in [0.4, 0.5) is 0 Å². The van der Waals surface area contributed by atoms with E-state index in [1.807, 2.05) is 27.7 Å². The smallest absolute Gasteiger partial charge is 0.239 e. The van der Waals surface area contributed by atoms with Crippen LogP contribution in [0.2, 0.25) is 0 Å². The Labute approximate surface area is 109 Å². The van der Waals surface area contributed by atoms with E-state index in [0.29, 0.717) is 13.0 Å². The van der Waals surface area contributed by atoms with E-state index >= 15 is 0 Å². The highest BCUT2D eigenvalue weighted by molar-refractivity contribution is 5.85. The highest BCUT2D eigenvalue weighted by Gasteiger charge is 2.16. The first-order valence-corrected chi connectivity index (χ1v) is 5.50. The van der Waals surface area contributed by atoms with Crippen LogP contribution in [0.25, 0.3) is 0 Å². The quantitative estimate of drug-likeness (QED) is 0.674. The van der Waals surface area contributed by atoms with Crippen LogP contribution in [0.15, 0.2) is 0 Å². The number of amides is 2. The molecule has 0 aromatic heterocycles. The Hall–Kier alpha value is -0.810. The van der Waals surface area contributed by atoms with Crippen molar-refractivity contribution in [2.24, 2.45) is 11.1 Å². The van der Waals surface area contributed by atoms with Gasteiger partial charge in [-0.2, -0.15) is 0 Å². The van der Waals surface area contributed by atoms with Gasteiger partial charge in [0.05, 0.1) is 6.54 Å².